The van der Waals surface area contributed by atoms with Gasteiger partial charge in [0, 0.05) is 0 Å². The van der Waals surface area contributed by atoms with Gasteiger partial charge in [0.1, 0.15) is 0 Å². The van der Waals surface area contributed by atoms with Crippen molar-refractivity contribution in [2.75, 3.05) is 0 Å². The van der Waals surface area contributed by atoms with Crippen molar-refractivity contribution in [2.24, 2.45) is 0 Å². The zero-order valence-corrected chi connectivity index (χ0v) is 5.14. The first-order valence-corrected chi connectivity index (χ1v) is 3.32. The third-order valence-electron chi connectivity index (χ3n) is 1.40. The van der Waals surface area contributed by atoms with Crippen LogP contribution in [0.4, 0.5) is 0 Å². The molecule has 0 saturated heterocycles. The SMILES string of the molecule is [Al+2][CH]1CCCC1. The van der Waals surface area contributed by atoms with Crippen molar-refractivity contribution in [2.45, 2.75) is 30.5 Å². The summed E-state index contributed by atoms with van der Waals surface area (Å²) in [5.41, 5.74) is 0. The molecule has 0 unspecified atom stereocenters. The minimum absolute atomic E-state index is 0.963. The van der Waals surface area contributed by atoms with Crippen molar-refractivity contribution in [3.8, 4) is 0 Å². The van der Waals surface area contributed by atoms with E-state index in [2.05, 4.69) is 16.3 Å². The summed E-state index contributed by atoms with van der Waals surface area (Å²) in [7, 11) is 0. The third kappa shape index (κ3) is 0.997. The van der Waals surface area contributed by atoms with Gasteiger partial charge in [-0.2, -0.15) is 0 Å². The molecule has 1 heteroatoms. The third-order valence-corrected chi connectivity index (χ3v) is 2.07. The van der Waals surface area contributed by atoms with E-state index in [1.165, 1.54) is 25.7 Å². The molecule has 1 aliphatic carbocycles. The van der Waals surface area contributed by atoms with Crippen LogP contribution in [0.25, 0.3) is 0 Å². The monoisotopic (exact) mass is 96.1 g/mol. The summed E-state index contributed by atoms with van der Waals surface area (Å²) in [5.74, 6) is 0. The summed E-state index contributed by atoms with van der Waals surface area (Å²) in [5, 5.41) is 0. The molecule has 0 bridgehead atoms. The predicted molar refractivity (Wildman–Crippen MR) is 28.0 cm³/mol. The average Bonchev–Trinajstić information content (AvgIpc) is 1.86. The summed E-state index contributed by atoms with van der Waals surface area (Å²) in [6.45, 7) is 0. The fourth-order valence-corrected chi connectivity index (χ4v) is 1.43. The fraction of sp³-hybridized carbons (Fsp3) is 1.00. The van der Waals surface area contributed by atoms with Crippen LogP contribution in [0.5, 0.6) is 0 Å². The maximum absolute atomic E-state index is 2.87. The van der Waals surface area contributed by atoms with E-state index in [1.54, 1.807) is 0 Å². The second-order valence-corrected chi connectivity index (χ2v) is 2.99. The van der Waals surface area contributed by atoms with Crippen molar-refractivity contribution in [3.63, 3.8) is 0 Å². The summed E-state index contributed by atoms with van der Waals surface area (Å²) >= 11 is 2.87. The van der Waals surface area contributed by atoms with Gasteiger partial charge in [0.2, 0.25) is 0 Å². The Morgan fingerprint density at radius 1 is 1.17 bits per heavy atom. The molecule has 1 fully saturated rings. The second-order valence-electron chi connectivity index (χ2n) is 2.04. The van der Waals surface area contributed by atoms with Gasteiger partial charge in [-0.25, -0.2) is 0 Å². The Morgan fingerprint density at radius 2 is 1.67 bits per heavy atom. The van der Waals surface area contributed by atoms with Crippen LogP contribution in [-0.4, -0.2) is 16.3 Å². The van der Waals surface area contributed by atoms with Crippen LogP contribution in [0.3, 0.4) is 0 Å². The summed E-state index contributed by atoms with van der Waals surface area (Å²) in [6.07, 6.45) is 5.83. The van der Waals surface area contributed by atoms with Gasteiger partial charge >= 0.3 is 46.8 Å². The van der Waals surface area contributed by atoms with E-state index in [0.717, 1.165) is 4.78 Å². The second kappa shape index (κ2) is 2.00. The molecule has 1 saturated carbocycles. The van der Waals surface area contributed by atoms with Gasteiger partial charge in [-0.1, -0.05) is 0 Å². The molecule has 0 aromatic heterocycles. The first-order valence-electron chi connectivity index (χ1n) is 2.65. The molecule has 0 nitrogen and oxygen atoms in total. The first kappa shape index (κ1) is 4.69. The Bertz CT molecular complexity index is 37.2. The molecule has 0 aliphatic heterocycles. The standard InChI is InChI=1S/C5H9.Al/c1-2-4-5-3-1;/h1H,2-5H2;/q;+2. The van der Waals surface area contributed by atoms with Crippen LogP contribution in [0.1, 0.15) is 25.7 Å². The molecule has 0 heterocycles. The van der Waals surface area contributed by atoms with Gasteiger partial charge in [0.15, 0.2) is 0 Å². The summed E-state index contributed by atoms with van der Waals surface area (Å²) < 4.78 is 0.963. The van der Waals surface area contributed by atoms with Crippen LogP contribution in [0.15, 0.2) is 0 Å². The van der Waals surface area contributed by atoms with Crippen LogP contribution in [0, 0.1) is 0 Å². The minimum atomic E-state index is 0.963. The summed E-state index contributed by atoms with van der Waals surface area (Å²) in [6, 6.07) is 0. The van der Waals surface area contributed by atoms with E-state index in [-0.39, 0.29) is 0 Å². The van der Waals surface area contributed by atoms with Gasteiger partial charge in [0.05, 0.1) is 0 Å². The van der Waals surface area contributed by atoms with E-state index in [0.29, 0.717) is 0 Å². The molecule has 0 radical (unpaired) electrons. The first-order chi connectivity index (χ1) is 2.89. The van der Waals surface area contributed by atoms with E-state index >= 15 is 0 Å². The molecular weight excluding hydrogens is 87.0 g/mol. The number of rotatable bonds is 0. The van der Waals surface area contributed by atoms with E-state index in [4.69, 9.17) is 0 Å². The molecule has 0 amide bonds. The Kier molecular flexibility index (Phi) is 1.56. The maximum atomic E-state index is 2.87. The quantitative estimate of drug-likeness (QED) is 0.401. The number of hydrogen-bond donors (Lipinski definition) is 0. The predicted octanol–water partition coefficient (Wildman–Crippen LogP) is 1.52. The zero-order valence-electron chi connectivity index (χ0n) is 3.98. The Hall–Kier alpha value is 0.532. The molecular formula is C5H9Al+2. The number of hydrogen-bond acceptors (Lipinski definition) is 0. The van der Waals surface area contributed by atoms with Crippen molar-refractivity contribution in [1.29, 1.82) is 0 Å². The molecule has 0 atom stereocenters. The van der Waals surface area contributed by atoms with Crippen molar-refractivity contribution < 1.29 is 0 Å². The molecule has 30 valence electrons. The molecule has 0 aromatic carbocycles. The van der Waals surface area contributed by atoms with Crippen molar-refractivity contribution >= 4 is 16.3 Å². The van der Waals surface area contributed by atoms with Gasteiger partial charge in [0.25, 0.3) is 0 Å². The van der Waals surface area contributed by atoms with E-state index < -0.39 is 0 Å². The average molecular weight is 96.1 g/mol. The molecule has 0 N–H and O–H groups in total. The molecule has 6 heavy (non-hydrogen) atoms. The molecule has 0 spiro atoms. The van der Waals surface area contributed by atoms with E-state index in [9.17, 15) is 0 Å². The van der Waals surface area contributed by atoms with Gasteiger partial charge in [-0.05, 0) is 0 Å². The van der Waals surface area contributed by atoms with Gasteiger partial charge in [-0.3, -0.25) is 0 Å². The van der Waals surface area contributed by atoms with Crippen LogP contribution >= 0.6 is 0 Å². The fourth-order valence-electron chi connectivity index (χ4n) is 0.957. The van der Waals surface area contributed by atoms with Crippen LogP contribution < -0.4 is 0 Å². The Labute approximate surface area is 47.4 Å². The van der Waals surface area contributed by atoms with Crippen molar-refractivity contribution in [3.05, 3.63) is 0 Å². The molecule has 1 rings (SSSR count). The van der Waals surface area contributed by atoms with Gasteiger partial charge in [-0.15, -0.1) is 0 Å². The van der Waals surface area contributed by atoms with Crippen molar-refractivity contribution in [1.82, 2.24) is 0 Å². The van der Waals surface area contributed by atoms with Crippen LogP contribution in [-0.2, 0) is 0 Å². The topological polar surface area (TPSA) is 0 Å². The zero-order chi connectivity index (χ0) is 4.41. The van der Waals surface area contributed by atoms with Crippen LogP contribution in [0.2, 0.25) is 4.78 Å². The Morgan fingerprint density at radius 3 is 1.83 bits per heavy atom. The van der Waals surface area contributed by atoms with E-state index in [1.807, 2.05) is 0 Å². The normalized spacial score (nSPS) is 25.7. The summed E-state index contributed by atoms with van der Waals surface area (Å²) in [4.78, 5) is 0. The Balaban J connectivity index is 2.18. The molecule has 0 aromatic rings. The molecule has 1 aliphatic rings. The van der Waals surface area contributed by atoms with Gasteiger partial charge < -0.3 is 0 Å².